The highest BCUT2D eigenvalue weighted by molar-refractivity contribution is 5.66. The molecule has 0 spiro atoms. The molecule has 1 aromatic carbocycles. The van der Waals surface area contributed by atoms with Gasteiger partial charge in [0, 0.05) is 11.1 Å². The third-order valence-corrected chi connectivity index (χ3v) is 2.82. The van der Waals surface area contributed by atoms with E-state index in [2.05, 4.69) is 11.6 Å². The van der Waals surface area contributed by atoms with Gasteiger partial charge in [0.15, 0.2) is 0 Å². The fourth-order valence-corrected chi connectivity index (χ4v) is 1.82. The van der Waals surface area contributed by atoms with E-state index >= 15 is 0 Å². The molecule has 0 radical (unpaired) electrons. The van der Waals surface area contributed by atoms with Crippen LogP contribution in [-0.4, -0.2) is 11.6 Å². The summed E-state index contributed by atoms with van der Waals surface area (Å²) in [6.45, 7) is 5.85. The number of pyridine rings is 1. The van der Waals surface area contributed by atoms with E-state index in [4.69, 9.17) is 4.74 Å². The van der Waals surface area contributed by atoms with Crippen molar-refractivity contribution in [1.29, 1.82) is 0 Å². The van der Waals surface area contributed by atoms with Crippen LogP contribution in [0.5, 0.6) is 5.75 Å². The van der Waals surface area contributed by atoms with E-state index in [0.29, 0.717) is 12.2 Å². The highest BCUT2D eigenvalue weighted by Gasteiger charge is 2.05. The van der Waals surface area contributed by atoms with Crippen molar-refractivity contribution in [3.05, 3.63) is 54.2 Å². The van der Waals surface area contributed by atoms with Crippen molar-refractivity contribution < 1.29 is 9.13 Å². The Labute approximate surface area is 112 Å². The Balaban J connectivity index is 2.36. The minimum Gasteiger partial charge on any atom is -0.492 e. The van der Waals surface area contributed by atoms with Crippen molar-refractivity contribution in [2.45, 2.75) is 13.6 Å². The first-order chi connectivity index (χ1) is 9.28. The first-order valence-electron chi connectivity index (χ1n) is 6.19. The van der Waals surface area contributed by atoms with E-state index in [1.165, 1.54) is 0 Å². The van der Waals surface area contributed by atoms with Crippen molar-refractivity contribution in [2.24, 2.45) is 0 Å². The van der Waals surface area contributed by atoms with Crippen molar-refractivity contribution >= 4 is 6.08 Å². The molecule has 2 aromatic rings. The predicted octanol–water partition coefficient (Wildman–Crippen LogP) is 4.26. The smallest absolute Gasteiger partial charge is 0.144 e. The van der Waals surface area contributed by atoms with Gasteiger partial charge in [-0.25, -0.2) is 4.39 Å². The van der Waals surface area contributed by atoms with Gasteiger partial charge in [-0.3, -0.25) is 4.98 Å². The number of alkyl halides is 1. The van der Waals surface area contributed by atoms with E-state index in [1.807, 2.05) is 25.1 Å². The zero-order chi connectivity index (χ0) is 13.7. The van der Waals surface area contributed by atoms with Gasteiger partial charge in [0.05, 0.1) is 18.5 Å². The zero-order valence-corrected chi connectivity index (χ0v) is 10.9. The molecule has 19 heavy (non-hydrogen) atoms. The van der Waals surface area contributed by atoms with Gasteiger partial charge in [0.2, 0.25) is 0 Å². The van der Waals surface area contributed by atoms with Gasteiger partial charge >= 0.3 is 0 Å². The van der Waals surface area contributed by atoms with Gasteiger partial charge in [0.25, 0.3) is 0 Å². The van der Waals surface area contributed by atoms with E-state index in [-0.39, 0.29) is 0 Å². The van der Waals surface area contributed by atoms with Crippen LogP contribution in [-0.2, 0) is 6.67 Å². The lowest BCUT2D eigenvalue weighted by atomic mass is 10.1. The van der Waals surface area contributed by atoms with Crippen molar-refractivity contribution in [1.82, 2.24) is 4.98 Å². The molecule has 0 N–H and O–H groups in total. The third kappa shape index (κ3) is 2.99. The van der Waals surface area contributed by atoms with Crippen LogP contribution in [0.1, 0.15) is 18.1 Å². The average Bonchev–Trinajstić information content (AvgIpc) is 2.48. The molecule has 0 atom stereocenters. The topological polar surface area (TPSA) is 22.1 Å². The van der Waals surface area contributed by atoms with E-state index in [9.17, 15) is 4.39 Å². The molecule has 0 aliphatic carbocycles. The summed E-state index contributed by atoms with van der Waals surface area (Å²) < 4.78 is 17.9. The van der Waals surface area contributed by atoms with Gasteiger partial charge in [-0.05, 0) is 18.6 Å². The standard InChI is InChI=1S/C16H16FNO/c1-3-13-9-15(18-11-16(13)19-4-2)14-7-5-12(10-17)6-8-14/h3,5-9,11H,1,4,10H2,2H3. The number of nitrogens with zero attached hydrogens (tertiary/aromatic N) is 1. The summed E-state index contributed by atoms with van der Waals surface area (Å²) >= 11 is 0. The number of rotatable bonds is 5. The summed E-state index contributed by atoms with van der Waals surface area (Å²) in [7, 11) is 0. The Morgan fingerprint density at radius 2 is 2.05 bits per heavy atom. The minimum atomic E-state index is -0.450. The Morgan fingerprint density at radius 3 is 2.63 bits per heavy atom. The van der Waals surface area contributed by atoms with E-state index in [0.717, 1.165) is 22.6 Å². The molecule has 2 nitrogen and oxygen atoms in total. The zero-order valence-electron chi connectivity index (χ0n) is 10.9. The Kier molecular flexibility index (Phi) is 4.29. The van der Waals surface area contributed by atoms with Gasteiger partial charge < -0.3 is 4.74 Å². The van der Waals surface area contributed by atoms with Crippen molar-refractivity contribution in [3.8, 4) is 17.0 Å². The first-order valence-corrected chi connectivity index (χ1v) is 6.19. The molecule has 0 aliphatic heterocycles. The van der Waals surface area contributed by atoms with Crippen LogP contribution >= 0.6 is 0 Å². The molecular formula is C16H16FNO. The van der Waals surface area contributed by atoms with Crippen molar-refractivity contribution in [3.63, 3.8) is 0 Å². The van der Waals surface area contributed by atoms with Crippen LogP contribution in [0.15, 0.2) is 43.1 Å². The second kappa shape index (κ2) is 6.14. The molecule has 1 heterocycles. The normalized spacial score (nSPS) is 10.2. The summed E-state index contributed by atoms with van der Waals surface area (Å²) in [4.78, 5) is 4.37. The molecule has 3 heteroatoms. The Bertz CT molecular complexity index is 563. The van der Waals surface area contributed by atoms with Crippen LogP contribution in [0.2, 0.25) is 0 Å². The second-order valence-electron chi connectivity index (χ2n) is 4.08. The van der Waals surface area contributed by atoms with E-state index in [1.54, 1.807) is 24.4 Å². The SMILES string of the molecule is C=Cc1cc(-c2ccc(CF)cc2)ncc1OCC. The van der Waals surface area contributed by atoms with E-state index < -0.39 is 6.67 Å². The average molecular weight is 257 g/mol. The molecule has 0 saturated carbocycles. The fourth-order valence-electron chi connectivity index (χ4n) is 1.82. The summed E-state index contributed by atoms with van der Waals surface area (Å²) in [6.07, 6.45) is 3.44. The summed E-state index contributed by atoms with van der Waals surface area (Å²) in [5.41, 5.74) is 3.34. The highest BCUT2D eigenvalue weighted by Crippen LogP contribution is 2.25. The maximum Gasteiger partial charge on any atom is 0.144 e. The Hall–Kier alpha value is -2.16. The van der Waals surface area contributed by atoms with Gasteiger partial charge in [-0.1, -0.05) is 36.9 Å². The predicted molar refractivity (Wildman–Crippen MR) is 75.7 cm³/mol. The first kappa shape index (κ1) is 13.3. The number of benzene rings is 1. The maximum atomic E-state index is 12.5. The molecule has 0 fully saturated rings. The number of halogens is 1. The summed E-state index contributed by atoms with van der Waals surface area (Å²) in [5.74, 6) is 0.724. The lowest BCUT2D eigenvalue weighted by molar-refractivity contribution is 0.338. The maximum absolute atomic E-state index is 12.5. The van der Waals surface area contributed by atoms with Gasteiger partial charge in [-0.2, -0.15) is 0 Å². The van der Waals surface area contributed by atoms with Gasteiger partial charge in [-0.15, -0.1) is 0 Å². The summed E-state index contributed by atoms with van der Waals surface area (Å²) in [6, 6.07) is 9.18. The molecule has 0 saturated heterocycles. The van der Waals surface area contributed by atoms with Crippen LogP contribution in [0.4, 0.5) is 4.39 Å². The monoisotopic (exact) mass is 257 g/mol. The van der Waals surface area contributed by atoms with Crippen LogP contribution < -0.4 is 4.74 Å². The van der Waals surface area contributed by atoms with Gasteiger partial charge in [0.1, 0.15) is 12.4 Å². The molecule has 98 valence electrons. The Morgan fingerprint density at radius 1 is 1.32 bits per heavy atom. The van der Waals surface area contributed by atoms with Crippen LogP contribution in [0.25, 0.3) is 17.3 Å². The molecule has 1 aromatic heterocycles. The molecule has 2 rings (SSSR count). The molecule has 0 aliphatic rings. The van der Waals surface area contributed by atoms with Crippen LogP contribution in [0, 0.1) is 0 Å². The van der Waals surface area contributed by atoms with Crippen LogP contribution in [0.3, 0.4) is 0 Å². The largest absolute Gasteiger partial charge is 0.492 e. The fraction of sp³-hybridized carbons (Fsp3) is 0.188. The lowest BCUT2D eigenvalue weighted by Gasteiger charge is -2.09. The number of hydrogen-bond donors (Lipinski definition) is 0. The quantitative estimate of drug-likeness (QED) is 0.798. The summed E-state index contributed by atoms with van der Waals surface area (Å²) in [5, 5.41) is 0. The highest BCUT2D eigenvalue weighted by atomic mass is 19.1. The van der Waals surface area contributed by atoms with Crippen molar-refractivity contribution in [2.75, 3.05) is 6.61 Å². The molecule has 0 bridgehead atoms. The number of aromatic nitrogens is 1. The second-order valence-corrected chi connectivity index (χ2v) is 4.08. The third-order valence-electron chi connectivity index (χ3n) is 2.82. The minimum absolute atomic E-state index is 0.450. The lowest BCUT2D eigenvalue weighted by Crippen LogP contribution is -1.96. The number of ether oxygens (including phenoxy) is 1. The molecule has 0 amide bonds. The number of hydrogen-bond acceptors (Lipinski definition) is 2. The molecule has 0 unspecified atom stereocenters. The molecular weight excluding hydrogens is 241 g/mol.